The fraction of sp³-hybridized carbons (Fsp3) is 0.261. The minimum atomic E-state index is -1.02. The van der Waals surface area contributed by atoms with Crippen molar-refractivity contribution in [1.82, 2.24) is 10.3 Å². The van der Waals surface area contributed by atoms with Crippen molar-refractivity contribution in [3.05, 3.63) is 71.6 Å². The van der Waals surface area contributed by atoms with E-state index in [0.29, 0.717) is 29.5 Å². The lowest BCUT2D eigenvalue weighted by Gasteiger charge is -2.14. The van der Waals surface area contributed by atoms with E-state index >= 15 is 0 Å². The van der Waals surface area contributed by atoms with E-state index in [1.165, 1.54) is 0 Å². The molecule has 0 aliphatic carbocycles. The lowest BCUT2D eigenvalue weighted by Crippen LogP contribution is -2.26. The summed E-state index contributed by atoms with van der Waals surface area (Å²) in [4.78, 5) is 27.6. The summed E-state index contributed by atoms with van der Waals surface area (Å²) in [6.07, 6.45) is -1.18. The average molecular weight is 424 g/mol. The van der Waals surface area contributed by atoms with Crippen LogP contribution in [0.2, 0.25) is 0 Å². The summed E-state index contributed by atoms with van der Waals surface area (Å²) in [6.45, 7) is 3.68. The van der Waals surface area contributed by atoms with Crippen LogP contribution in [0.1, 0.15) is 30.4 Å². The van der Waals surface area contributed by atoms with Crippen molar-refractivity contribution in [1.29, 1.82) is 0 Å². The lowest BCUT2D eigenvalue weighted by molar-refractivity contribution is -0.145. The van der Waals surface area contributed by atoms with Crippen molar-refractivity contribution in [2.75, 3.05) is 0 Å². The Labute approximate surface area is 179 Å². The first-order chi connectivity index (χ1) is 15.0. The van der Waals surface area contributed by atoms with E-state index in [1.54, 1.807) is 38.1 Å². The second-order valence-electron chi connectivity index (χ2n) is 6.82. The molecule has 1 heterocycles. The highest BCUT2D eigenvalue weighted by Crippen LogP contribution is 2.22. The summed E-state index contributed by atoms with van der Waals surface area (Å²) in [5.74, 6) is 0.461. The number of aryl methyl sites for hydroxylation is 1. The predicted octanol–water partition coefficient (Wildman–Crippen LogP) is 4.32. The molecule has 31 heavy (non-hydrogen) atoms. The number of hydrogen-bond donors (Lipinski definition) is 2. The molecular formula is C23H24N2O6. The normalized spacial score (nSPS) is 11.5. The Morgan fingerprint density at radius 3 is 2.65 bits per heavy atom. The van der Waals surface area contributed by atoms with Crippen LogP contribution in [-0.4, -0.2) is 28.3 Å². The number of amides is 1. The molecule has 1 unspecified atom stereocenters. The van der Waals surface area contributed by atoms with Gasteiger partial charge in [-0.25, -0.2) is 14.6 Å². The van der Waals surface area contributed by atoms with Gasteiger partial charge in [-0.3, -0.25) is 0 Å². The fourth-order valence-electron chi connectivity index (χ4n) is 2.83. The van der Waals surface area contributed by atoms with Gasteiger partial charge >= 0.3 is 12.1 Å². The third kappa shape index (κ3) is 6.08. The molecule has 1 amide bonds. The maximum absolute atomic E-state index is 12.1. The number of benzene rings is 2. The number of carboxylic acids is 1. The van der Waals surface area contributed by atoms with Crippen molar-refractivity contribution in [3.63, 3.8) is 0 Å². The third-order valence-corrected chi connectivity index (χ3v) is 4.51. The van der Waals surface area contributed by atoms with E-state index in [2.05, 4.69) is 10.3 Å². The second kappa shape index (κ2) is 10.3. The highest BCUT2D eigenvalue weighted by Gasteiger charge is 2.17. The first-order valence-corrected chi connectivity index (χ1v) is 9.87. The van der Waals surface area contributed by atoms with Crippen LogP contribution in [0.5, 0.6) is 5.75 Å². The number of carbonyl (C=O) groups is 2. The van der Waals surface area contributed by atoms with Crippen LogP contribution in [-0.2, 0) is 22.7 Å². The number of aliphatic carboxylic acids is 1. The van der Waals surface area contributed by atoms with Crippen molar-refractivity contribution in [2.45, 2.75) is 39.5 Å². The van der Waals surface area contributed by atoms with Crippen molar-refractivity contribution >= 4 is 12.1 Å². The van der Waals surface area contributed by atoms with Crippen LogP contribution >= 0.6 is 0 Å². The largest absolute Gasteiger partial charge is 0.479 e. The maximum atomic E-state index is 12.1. The lowest BCUT2D eigenvalue weighted by atomic mass is 10.2. The molecule has 3 rings (SSSR count). The zero-order chi connectivity index (χ0) is 22.2. The molecular weight excluding hydrogens is 400 g/mol. The molecule has 8 nitrogen and oxygen atoms in total. The van der Waals surface area contributed by atoms with E-state index in [1.807, 2.05) is 30.3 Å². The van der Waals surface area contributed by atoms with Gasteiger partial charge in [-0.05, 0) is 43.2 Å². The van der Waals surface area contributed by atoms with Crippen LogP contribution < -0.4 is 10.1 Å². The molecule has 2 aromatic carbocycles. The molecule has 8 heteroatoms. The van der Waals surface area contributed by atoms with Crippen LogP contribution in [0.25, 0.3) is 11.5 Å². The number of hydrogen-bond acceptors (Lipinski definition) is 6. The van der Waals surface area contributed by atoms with Gasteiger partial charge in [0.15, 0.2) is 6.10 Å². The number of alkyl carbamates (subject to hydrolysis) is 1. The monoisotopic (exact) mass is 424 g/mol. The number of ether oxygens (including phenoxy) is 2. The smallest absolute Gasteiger partial charge is 0.407 e. The molecule has 1 atom stereocenters. The van der Waals surface area contributed by atoms with Gasteiger partial charge in [-0.15, -0.1) is 0 Å². The van der Waals surface area contributed by atoms with Crippen LogP contribution in [0.4, 0.5) is 4.79 Å². The molecule has 0 fully saturated rings. The number of carbonyl (C=O) groups excluding carboxylic acids is 1. The Bertz CT molecular complexity index is 1030. The van der Waals surface area contributed by atoms with Crippen molar-refractivity contribution in [3.8, 4) is 17.2 Å². The zero-order valence-corrected chi connectivity index (χ0v) is 17.3. The van der Waals surface area contributed by atoms with Crippen molar-refractivity contribution < 1.29 is 28.6 Å². The Morgan fingerprint density at radius 2 is 1.94 bits per heavy atom. The van der Waals surface area contributed by atoms with Gasteiger partial charge in [0.05, 0.1) is 0 Å². The highest BCUT2D eigenvalue weighted by atomic mass is 16.5. The van der Waals surface area contributed by atoms with Gasteiger partial charge in [-0.1, -0.05) is 37.3 Å². The fourth-order valence-corrected chi connectivity index (χ4v) is 2.83. The maximum Gasteiger partial charge on any atom is 0.407 e. The molecule has 3 aromatic rings. The van der Waals surface area contributed by atoms with E-state index in [4.69, 9.17) is 19.0 Å². The molecule has 0 saturated heterocycles. The van der Waals surface area contributed by atoms with Crippen LogP contribution in [0, 0.1) is 6.92 Å². The summed E-state index contributed by atoms with van der Waals surface area (Å²) in [7, 11) is 0. The van der Waals surface area contributed by atoms with E-state index < -0.39 is 18.2 Å². The average Bonchev–Trinajstić information content (AvgIpc) is 3.16. The van der Waals surface area contributed by atoms with Crippen LogP contribution in [0.3, 0.4) is 0 Å². The summed E-state index contributed by atoms with van der Waals surface area (Å²) >= 11 is 0. The standard InChI is InChI=1S/C23H24N2O6/c1-3-20(22(26)27)31-18-11-7-8-16(12-18)13-24-23(28)29-14-19-15(2)30-21(25-19)17-9-5-4-6-10-17/h4-12,20H,3,13-14H2,1-2H3,(H,24,28)(H,26,27). The SMILES string of the molecule is CCC(Oc1cccc(CNC(=O)OCc2nc(-c3ccccc3)oc2C)c1)C(=O)O. The third-order valence-electron chi connectivity index (χ3n) is 4.51. The first kappa shape index (κ1) is 21.9. The molecule has 0 saturated carbocycles. The Morgan fingerprint density at radius 1 is 1.16 bits per heavy atom. The highest BCUT2D eigenvalue weighted by molar-refractivity contribution is 5.72. The molecule has 0 bridgehead atoms. The summed E-state index contributed by atoms with van der Waals surface area (Å²) in [5.41, 5.74) is 2.14. The molecule has 0 spiro atoms. The van der Waals surface area contributed by atoms with Gasteiger partial charge in [0.1, 0.15) is 23.8 Å². The second-order valence-corrected chi connectivity index (χ2v) is 6.82. The Kier molecular flexibility index (Phi) is 7.26. The summed E-state index contributed by atoms with van der Waals surface area (Å²) < 4.78 is 16.4. The summed E-state index contributed by atoms with van der Waals surface area (Å²) in [6, 6.07) is 16.3. The van der Waals surface area contributed by atoms with Crippen molar-refractivity contribution in [2.24, 2.45) is 0 Å². The minimum Gasteiger partial charge on any atom is -0.479 e. The molecule has 162 valence electrons. The number of aromatic nitrogens is 1. The Balaban J connectivity index is 1.51. The number of rotatable bonds is 9. The van der Waals surface area contributed by atoms with Gasteiger partial charge in [0.2, 0.25) is 5.89 Å². The number of nitrogens with one attached hydrogen (secondary N) is 1. The Hall–Kier alpha value is -3.81. The zero-order valence-electron chi connectivity index (χ0n) is 17.3. The van der Waals surface area contributed by atoms with Gasteiger partial charge < -0.3 is 24.3 Å². The summed E-state index contributed by atoms with van der Waals surface area (Å²) in [5, 5.41) is 11.8. The van der Waals surface area contributed by atoms with E-state index in [9.17, 15) is 9.59 Å². The molecule has 1 aromatic heterocycles. The number of carboxylic acid groups (broad SMARTS) is 1. The minimum absolute atomic E-state index is 0.0199. The number of nitrogens with zero attached hydrogens (tertiary/aromatic N) is 1. The molecule has 0 radical (unpaired) electrons. The molecule has 2 N–H and O–H groups in total. The quantitative estimate of drug-likeness (QED) is 0.526. The predicted molar refractivity (Wildman–Crippen MR) is 112 cm³/mol. The van der Waals surface area contributed by atoms with Gasteiger partial charge in [0.25, 0.3) is 0 Å². The molecule has 0 aliphatic heterocycles. The first-order valence-electron chi connectivity index (χ1n) is 9.87. The van der Waals surface area contributed by atoms with E-state index in [0.717, 1.165) is 11.1 Å². The van der Waals surface area contributed by atoms with Gasteiger partial charge in [-0.2, -0.15) is 0 Å². The van der Waals surface area contributed by atoms with Gasteiger partial charge in [0, 0.05) is 12.1 Å². The van der Waals surface area contributed by atoms with Crippen LogP contribution in [0.15, 0.2) is 59.0 Å². The van der Waals surface area contributed by atoms with E-state index in [-0.39, 0.29) is 13.2 Å². The molecule has 0 aliphatic rings. The number of oxazole rings is 1. The topological polar surface area (TPSA) is 111 Å².